The Morgan fingerprint density at radius 3 is 3.12 bits per heavy atom. The lowest BCUT2D eigenvalue weighted by Gasteiger charge is -2.15. The predicted molar refractivity (Wildman–Crippen MR) is 63.1 cm³/mol. The molecule has 0 saturated carbocycles. The van der Waals surface area contributed by atoms with Gasteiger partial charge in [-0.3, -0.25) is 4.90 Å². The molecule has 1 fully saturated rings. The Morgan fingerprint density at radius 2 is 2.38 bits per heavy atom. The molecule has 0 amide bonds. The van der Waals surface area contributed by atoms with Gasteiger partial charge in [0.15, 0.2) is 11.6 Å². The van der Waals surface area contributed by atoms with Crippen LogP contribution in [0.4, 0.5) is 4.39 Å². The van der Waals surface area contributed by atoms with Gasteiger partial charge < -0.3 is 4.74 Å². The van der Waals surface area contributed by atoms with Crippen LogP contribution < -0.4 is 4.74 Å². The molecule has 4 heteroatoms. The summed E-state index contributed by atoms with van der Waals surface area (Å²) < 4.78 is 20.0. The number of fused-ring (bicyclic) bond motifs is 3. The summed E-state index contributed by atoms with van der Waals surface area (Å²) in [5, 5.41) is 0. The predicted octanol–water partition coefficient (Wildman–Crippen LogP) is 3.12. The van der Waals surface area contributed by atoms with Crippen molar-refractivity contribution in [2.24, 2.45) is 0 Å². The lowest BCUT2D eigenvalue weighted by atomic mass is 10.1. The van der Waals surface area contributed by atoms with Crippen LogP contribution in [-0.2, 0) is 0 Å². The van der Waals surface area contributed by atoms with E-state index in [-0.39, 0.29) is 5.82 Å². The van der Waals surface area contributed by atoms with Crippen LogP contribution in [0.25, 0.3) is 0 Å². The van der Waals surface area contributed by atoms with E-state index in [1.54, 1.807) is 0 Å². The first kappa shape index (κ1) is 10.5. The second-order valence-electron chi connectivity index (χ2n) is 4.37. The Hall–Kier alpha value is -0.610. The van der Waals surface area contributed by atoms with E-state index in [9.17, 15) is 4.39 Å². The van der Waals surface area contributed by atoms with Crippen molar-refractivity contribution in [3.63, 3.8) is 0 Å². The summed E-state index contributed by atoms with van der Waals surface area (Å²) in [7, 11) is 0. The topological polar surface area (TPSA) is 12.2 Å². The highest BCUT2D eigenvalue weighted by molar-refractivity contribution is 9.10. The molecule has 0 aliphatic carbocycles. The van der Waals surface area contributed by atoms with Crippen molar-refractivity contribution >= 4 is 15.9 Å². The summed E-state index contributed by atoms with van der Waals surface area (Å²) >= 11 is 3.33. The van der Waals surface area contributed by atoms with Crippen molar-refractivity contribution < 1.29 is 9.13 Å². The van der Waals surface area contributed by atoms with Crippen LogP contribution in [0, 0.1) is 5.82 Å². The Kier molecular flexibility index (Phi) is 2.44. The Labute approximate surface area is 103 Å². The highest BCUT2D eigenvalue weighted by Crippen LogP contribution is 2.51. The zero-order chi connectivity index (χ0) is 11.3. The van der Waals surface area contributed by atoms with E-state index < -0.39 is 0 Å². The molecule has 2 aliphatic rings. The fourth-order valence-corrected chi connectivity index (χ4v) is 3.04. The molecule has 3 atom stereocenters. The fourth-order valence-electron chi connectivity index (χ4n) is 2.59. The average Bonchev–Trinajstić information content (AvgIpc) is 2.92. The molecule has 86 valence electrons. The minimum Gasteiger partial charge on any atom is -0.488 e. The van der Waals surface area contributed by atoms with Gasteiger partial charge in [-0.2, -0.15) is 0 Å². The zero-order valence-electron chi connectivity index (χ0n) is 9.04. The van der Waals surface area contributed by atoms with Crippen LogP contribution in [0.5, 0.6) is 5.75 Å². The highest BCUT2D eigenvalue weighted by Gasteiger charge is 2.52. The molecule has 1 aromatic carbocycles. The summed E-state index contributed by atoms with van der Waals surface area (Å²) in [4.78, 5) is 2.37. The second kappa shape index (κ2) is 3.70. The molecule has 1 saturated heterocycles. The number of benzene rings is 1. The summed E-state index contributed by atoms with van der Waals surface area (Å²) in [5.74, 6) is 0.189. The van der Waals surface area contributed by atoms with Gasteiger partial charge in [0.2, 0.25) is 0 Å². The molecular weight excluding hydrogens is 273 g/mol. The fraction of sp³-hybridized carbons (Fsp3) is 0.500. The van der Waals surface area contributed by atoms with Crippen molar-refractivity contribution in [1.29, 1.82) is 0 Å². The quantitative estimate of drug-likeness (QED) is 0.774. The monoisotopic (exact) mass is 285 g/mol. The normalized spacial score (nSPS) is 30.3. The molecule has 16 heavy (non-hydrogen) atoms. The van der Waals surface area contributed by atoms with E-state index in [2.05, 4.69) is 27.8 Å². The first-order valence-electron chi connectivity index (χ1n) is 5.60. The maximum Gasteiger partial charge on any atom is 0.166 e. The zero-order valence-corrected chi connectivity index (χ0v) is 10.6. The molecule has 1 unspecified atom stereocenters. The Morgan fingerprint density at radius 1 is 1.56 bits per heavy atom. The lowest BCUT2D eigenvalue weighted by molar-refractivity contribution is 0.275. The number of hydrogen-bond acceptors (Lipinski definition) is 2. The van der Waals surface area contributed by atoms with Gasteiger partial charge in [0.25, 0.3) is 0 Å². The van der Waals surface area contributed by atoms with Crippen molar-refractivity contribution in [1.82, 2.24) is 4.90 Å². The smallest absolute Gasteiger partial charge is 0.166 e. The van der Waals surface area contributed by atoms with Crippen LogP contribution >= 0.6 is 15.9 Å². The summed E-state index contributed by atoms with van der Waals surface area (Å²) in [6.07, 6.45) is 1.12. The molecule has 3 rings (SSSR count). The second-order valence-corrected chi connectivity index (χ2v) is 5.28. The third kappa shape index (κ3) is 1.47. The van der Waals surface area contributed by atoms with Crippen molar-refractivity contribution in [3.8, 4) is 5.75 Å². The van der Waals surface area contributed by atoms with Gasteiger partial charge in [0, 0.05) is 10.0 Å². The van der Waals surface area contributed by atoms with E-state index >= 15 is 0 Å². The third-order valence-electron chi connectivity index (χ3n) is 3.29. The highest BCUT2D eigenvalue weighted by atomic mass is 79.9. The first-order chi connectivity index (χ1) is 7.72. The molecule has 0 spiro atoms. The Balaban J connectivity index is 1.98. The number of ether oxygens (including phenoxy) is 1. The van der Waals surface area contributed by atoms with E-state index in [0.717, 1.165) is 23.0 Å². The summed E-state index contributed by atoms with van der Waals surface area (Å²) in [6.45, 7) is 3.84. The number of rotatable bonds is 2. The number of halogens is 2. The minimum absolute atomic E-state index is 0.258. The summed E-state index contributed by atoms with van der Waals surface area (Å²) in [6, 6.07) is 4.27. The first-order valence-corrected chi connectivity index (χ1v) is 6.39. The van der Waals surface area contributed by atoms with Gasteiger partial charge >= 0.3 is 0 Å². The maximum absolute atomic E-state index is 13.7. The lowest BCUT2D eigenvalue weighted by Crippen LogP contribution is -2.14. The van der Waals surface area contributed by atoms with Crippen LogP contribution in [0.2, 0.25) is 0 Å². The van der Waals surface area contributed by atoms with Crippen molar-refractivity contribution in [2.75, 3.05) is 13.2 Å². The van der Waals surface area contributed by atoms with E-state index in [0.29, 0.717) is 24.4 Å². The van der Waals surface area contributed by atoms with Crippen LogP contribution in [0.3, 0.4) is 0 Å². The Bertz CT molecular complexity index is 437. The van der Waals surface area contributed by atoms with Gasteiger partial charge in [0.05, 0.1) is 12.1 Å². The van der Waals surface area contributed by atoms with Gasteiger partial charge in [-0.05, 0) is 25.1 Å². The molecule has 0 aromatic heterocycles. The summed E-state index contributed by atoms with van der Waals surface area (Å²) in [5.41, 5.74) is 0.997. The van der Waals surface area contributed by atoms with Crippen LogP contribution in [0.15, 0.2) is 16.6 Å². The molecule has 0 bridgehead atoms. The number of hydrogen-bond donors (Lipinski definition) is 0. The van der Waals surface area contributed by atoms with Crippen molar-refractivity contribution in [2.45, 2.75) is 25.4 Å². The van der Waals surface area contributed by atoms with Gasteiger partial charge in [-0.15, -0.1) is 0 Å². The van der Waals surface area contributed by atoms with Gasteiger partial charge in [-0.1, -0.05) is 22.9 Å². The molecule has 2 aliphatic heterocycles. The van der Waals surface area contributed by atoms with E-state index in [1.165, 1.54) is 6.07 Å². The third-order valence-corrected chi connectivity index (χ3v) is 3.75. The van der Waals surface area contributed by atoms with Crippen LogP contribution in [0.1, 0.15) is 24.9 Å². The standard InChI is InChI=1S/C12H13BrFNO/c1-2-3-15-10-6-16-12-8(11(10)15)4-7(13)5-9(12)14/h4-5,10-11H,2-3,6H2,1H3/t10-,11+,15?/m1/s1. The molecule has 0 N–H and O–H groups in total. The van der Waals surface area contributed by atoms with Crippen LogP contribution in [-0.4, -0.2) is 24.1 Å². The average molecular weight is 286 g/mol. The molecule has 1 aromatic rings. The largest absolute Gasteiger partial charge is 0.488 e. The minimum atomic E-state index is -0.258. The SMILES string of the molecule is CCCN1[C@@H]2COc3c(F)cc(Br)cc3[C@@H]21. The van der Waals surface area contributed by atoms with Gasteiger partial charge in [-0.25, -0.2) is 4.39 Å². The molecule has 0 radical (unpaired) electrons. The van der Waals surface area contributed by atoms with Gasteiger partial charge in [0.1, 0.15) is 6.61 Å². The molecule has 2 nitrogen and oxygen atoms in total. The number of nitrogens with zero attached hydrogens (tertiary/aromatic N) is 1. The van der Waals surface area contributed by atoms with Crippen molar-refractivity contribution in [3.05, 3.63) is 28.0 Å². The maximum atomic E-state index is 13.7. The van der Waals surface area contributed by atoms with E-state index in [4.69, 9.17) is 4.74 Å². The molecular formula is C12H13BrFNO. The van der Waals surface area contributed by atoms with E-state index in [1.807, 2.05) is 6.07 Å². The molecule has 2 heterocycles.